The smallest absolute Gasteiger partial charge is 0.227 e. The van der Waals surface area contributed by atoms with Gasteiger partial charge in [0.2, 0.25) is 5.89 Å². The average molecular weight is 273 g/mol. The largest absolute Gasteiger partial charge is 0.339 e. The van der Waals surface area contributed by atoms with Gasteiger partial charge in [0.15, 0.2) is 5.82 Å². The number of nitrogens with two attached hydrogens (primary N) is 1. The Bertz CT molecular complexity index is 558. The van der Waals surface area contributed by atoms with Gasteiger partial charge >= 0.3 is 0 Å². The predicted octanol–water partition coefficient (Wildman–Crippen LogP) is 3.14. The third-order valence-electron chi connectivity index (χ3n) is 3.89. The van der Waals surface area contributed by atoms with Gasteiger partial charge in [-0.3, -0.25) is 0 Å². The number of benzene rings is 1. The Balaban J connectivity index is 2.03. The van der Waals surface area contributed by atoms with Crippen LogP contribution in [0, 0.1) is 6.92 Å². The molecule has 1 heterocycles. The fraction of sp³-hybridized carbons (Fsp3) is 0.500. The second-order valence-electron chi connectivity index (χ2n) is 5.36. The van der Waals surface area contributed by atoms with Crippen LogP contribution < -0.4 is 5.73 Å². The average Bonchev–Trinajstić information content (AvgIpc) is 2.94. The van der Waals surface area contributed by atoms with Crippen LogP contribution in [-0.2, 0) is 18.4 Å². The van der Waals surface area contributed by atoms with E-state index in [1.807, 2.05) is 13.8 Å². The molecule has 0 amide bonds. The van der Waals surface area contributed by atoms with E-state index in [-0.39, 0.29) is 0 Å². The van der Waals surface area contributed by atoms with Crippen molar-refractivity contribution in [1.82, 2.24) is 10.1 Å². The molecule has 2 rings (SSSR count). The fourth-order valence-electron chi connectivity index (χ4n) is 2.24. The summed E-state index contributed by atoms with van der Waals surface area (Å²) in [5.74, 6) is 1.29. The highest BCUT2D eigenvalue weighted by molar-refractivity contribution is 5.22. The molecule has 2 N–H and O–H groups in total. The molecule has 0 aliphatic carbocycles. The van der Waals surface area contributed by atoms with Gasteiger partial charge < -0.3 is 10.3 Å². The van der Waals surface area contributed by atoms with Gasteiger partial charge in [-0.2, -0.15) is 4.98 Å². The highest BCUT2D eigenvalue weighted by atomic mass is 16.5. The summed E-state index contributed by atoms with van der Waals surface area (Å²) in [6, 6.07) is 8.47. The van der Waals surface area contributed by atoms with E-state index in [4.69, 9.17) is 10.3 Å². The van der Waals surface area contributed by atoms with Gasteiger partial charge in [-0.05, 0) is 31.7 Å². The Hall–Kier alpha value is -1.68. The molecule has 1 aromatic heterocycles. The number of hydrogen-bond donors (Lipinski definition) is 1. The van der Waals surface area contributed by atoms with Crippen LogP contribution in [0.5, 0.6) is 0 Å². The zero-order valence-electron chi connectivity index (χ0n) is 12.5. The first-order valence-electron chi connectivity index (χ1n) is 7.25. The minimum Gasteiger partial charge on any atom is -0.339 e. The van der Waals surface area contributed by atoms with Crippen molar-refractivity contribution in [2.24, 2.45) is 5.73 Å². The molecule has 108 valence electrons. The van der Waals surface area contributed by atoms with Crippen LogP contribution in [0.4, 0.5) is 0 Å². The molecule has 0 radical (unpaired) electrons. The SMILES string of the molecule is CCC(N)(CC)c1noc(CCc2cccc(C)c2)n1. The van der Waals surface area contributed by atoms with E-state index in [9.17, 15) is 0 Å². The van der Waals surface area contributed by atoms with Crippen molar-refractivity contribution < 1.29 is 4.52 Å². The summed E-state index contributed by atoms with van der Waals surface area (Å²) in [7, 11) is 0. The lowest BCUT2D eigenvalue weighted by atomic mass is 9.93. The molecule has 20 heavy (non-hydrogen) atoms. The fourth-order valence-corrected chi connectivity index (χ4v) is 2.24. The lowest BCUT2D eigenvalue weighted by Crippen LogP contribution is -2.36. The Labute approximate surface area is 120 Å². The second kappa shape index (κ2) is 6.18. The molecule has 4 heteroatoms. The molecule has 0 aliphatic rings. The van der Waals surface area contributed by atoms with Crippen LogP contribution in [0.3, 0.4) is 0 Å². The van der Waals surface area contributed by atoms with Gasteiger partial charge in [-0.1, -0.05) is 48.8 Å². The summed E-state index contributed by atoms with van der Waals surface area (Å²) < 4.78 is 5.33. The van der Waals surface area contributed by atoms with Gasteiger partial charge in [-0.25, -0.2) is 0 Å². The van der Waals surface area contributed by atoms with Gasteiger partial charge in [0, 0.05) is 6.42 Å². The van der Waals surface area contributed by atoms with E-state index in [0.717, 1.165) is 25.7 Å². The maximum Gasteiger partial charge on any atom is 0.227 e. The number of rotatable bonds is 6. The molecular formula is C16H23N3O. The van der Waals surface area contributed by atoms with Crippen LogP contribution in [0.1, 0.15) is 49.5 Å². The van der Waals surface area contributed by atoms with Crippen molar-refractivity contribution in [3.8, 4) is 0 Å². The van der Waals surface area contributed by atoms with Gasteiger partial charge in [0.25, 0.3) is 0 Å². The zero-order valence-corrected chi connectivity index (χ0v) is 12.5. The molecule has 0 saturated carbocycles. The normalized spacial score (nSPS) is 11.8. The van der Waals surface area contributed by atoms with Crippen molar-refractivity contribution >= 4 is 0 Å². The summed E-state index contributed by atoms with van der Waals surface area (Å²) in [5, 5.41) is 4.05. The minimum atomic E-state index is -0.467. The van der Waals surface area contributed by atoms with Crippen LogP contribution in [0.2, 0.25) is 0 Å². The van der Waals surface area contributed by atoms with Crippen molar-refractivity contribution in [1.29, 1.82) is 0 Å². The van der Waals surface area contributed by atoms with E-state index in [1.54, 1.807) is 0 Å². The molecule has 0 bridgehead atoms. The molecule has 0 fully saturated rings. The maximum absolute atomic E-state index is 6.27. The Kier molecular flexibility index (Phi) is 4.55. The van der Waals surface area contributed by atoms with E-state index in [0.29, 0.717) is 11.7 Å². The molecule has 0 atom stereocenters. The van der Waals surface area contributed by atoms with Crippen LogP contribution in [0.15, 0.2) is 28.8 Å². The number of aromatic nitrogens is 2. The van der Waals surface area contributed by atoms with Gasteiger partial charge in [0.1, 0.15) is 0 Å². The first-order chi connectivity index (χ1) is 9.57. The topological polar surface area (TPSA) is 64.9 Å². The molecular weight excluding hydrogens is 250 g/mol. The van der Waals surface area contributed by atoms with E-state index in [2.05, 4.69) is 41.3 Å². The molecule has 1 aromatic carbocycles. The molecule has 2 aromatic rings. The van der Waals surface area contributed by atoms with Crippen LogP contribution >= 0.6 is 0 Å². The molecule has 0 saturated heterocycles. The lowest BCUT2D eigenvalue weighted by Gasteiger charge is -2.21. The summed E-state index contributed by atoms with van der Waals surface area (Å²) in [5.41, 5.74) is 8.36. The highest BCUT2D eigenvalue weighted by Gasteiger charge is 2.28. The quantitative estimate of drug-likeness (QED) is 0.878. The van der Waals surface area contributed by atoms with Gasteiger partial charge in [0.05, 0.1) is 5.54 Å². The third kappa shape index (κ3) is 3.25. The first kappa shape index (κ1) is 14.7. The number of aryl methyl sites for hydroxylation is 3. The Morgan fingerprint density at radius 2 is 1.95 bits per heavy atom. The summed E-state index contributed by atoms with van der Waals surface area (Å²) in [6.45, 7) is 6.19. The third-order valence-corrected chi connectivity index (χ3v) is 3.89. The first-order valence-corrected chi connectivity index (χ1v) is 7.25. The predicted molar refractivity (Wildman–Crippen MR) is 79.3 cm³/mol. The standard InChI is InChI=1S/C16H23N3O/c1-4-16(17,5-2)15-18-14(20-19-15)10-9-13-8-6-7-12(3)11-13/h6-8,11H,4-5,9-10,17H2,1-3H3. The Morgan fingerprint density at radius 3 is 2.60 bits per heavy atom. The molecule has 0 spiro atoms. The van der Waals surface area contributed by atoms with E-state index in [1.165, 1.54) is 11.1 Å². The molecule has 0 unspecified atom stereocenters. The minimum absolute atomic E-state index is 0.467. The van der Waals surface area contributed by atoms with Crippen LogP contribution in [0.25, 0.3) is 0 Å². The van der Waals surface area contributed by atoms with Crippen molar-refractivity contribution in [2.75, 3.05) is 0 Å². The maximum atomic E-state index is 6.27. The van der Waals surface area contributed by atoms with E-state index >= 15 is 0 Å². The van der Waals surface area contributed by atoms with Crippen molar-refractivity contribution in [3.05, 3.63) is 47.1 Å². The number of nitrogens with zero attached hydrogens (tertiary/aromatic N) is 2. The van der Waals surface area contributed by atoms with Crippen molar-refractivity contribution in [3.63, 3.8) is 0 Å². The van der Waals surface area contributed by atoms with Gasteiger partial charge in [-0.15, -0.1) is 0 Å². The summed E-state index contributed by atoms with van der Waals surface area (Å²) in [6.07, 6.45) is 3.26. The highest BCUT2D eigenvalue weighted by Crippen LogP contribution is 2.23. The molecule has 0 aliphatic heterocycles. The van der Waals surface area contributed by atoms with Crippen LogP contribution in [-0.4, -0.2) is 10.1 Å². The second-order valence-corrected chi connectivity index (χ2v) is 5.36. The van der Waals surface area contributed by atoms with Crippen molar-refractivity contribution in [2.45, 2.75) is 52.0 Å². The number of hydrogen-bond acceptors (Lipinski definition) is 4. The lowest BCUT2D eigenvalue weighted by molar-refractivity contribution is 0.335. The monoisotopic (exact) mass is 273 g/mol. The summed E-state index contributed by atoms with van der Waals surface area (Å²) >= 11 is 0. The molecule has 4 nitrogen and oxygen atoms in total. The van der Waals surface area contributed by atoms with E-state index < -0.39 is 5.54 Å². The zero-order chi connectivity index (χ0) is 14.6. The Morgan fingerprint density at radius 1 is 1.20 bits per heavy atom. The summed E-state index contributed by atoms with van der Waals surface area (Å²) in [4.78, 5) is 4.46.